The lowest BCUT2D eigenvalue weighted by Crippen LogP contribution is -2.47. The van der Waals surface area contributed by atoms with E-state index in [2.05, 4.69) is 10.3 Å². The first-order valence-corrected chi connectivity index (χ1v) is 14.6. The van der Waals surface area contributed by atoms with Gasteiger partial charge in [0.25, 0.3) is 0 Å². The lowest BCUT2D eigenvalue weighted by atomic mass is 9.99. The van der Waals surface area contributed by atoms with E-state index in [0.717, 1.165) is 18.4 Å². The highest BCUT2D eigenvalue weighted by Crippen LogP contribution is 2.31. The van der Waals surface area contributed by atoms with Crippen LogP contribution in [0.25, 0.3) is 0 Å². The Hall–Kier alpha value is -2.76. The molecule has 0 bridgehead atoms. The molecular formula is C26H35N3O7S. The summed E-state index contributed by atoms with van der Waals surface area (Å²) in [5, 5.41) is 13.8. The smallest absolute Gasteiger partial charge is 0.224 e. The van der Waals surface area contributed by atoms with Crippen LogP contribution in [0.3, 0.4) is 0 Å². The van der Waals surface area contributed by atoms with Gasteiger partial charge in [0.1, 0.15) is 6.26 Å². The molecule has 3 atom stereocenters. The molecule has 1 aliphatic heterocycles. The first-order valence-electron chi connectivity index (χ1n) is 12.8. The molecule has 2 fully saturated rings. The summed E-state index contributed by atoms with van der Waals surface area (Å²) in [5.41, 5.74) is 1.02. The Balaban J connectivity index is 1.49. The summed E-state index contributed by atoms with van der Waals surface area (Å²) in [4.78, 5) is 32.1. The second-order valence-electron chi connectivity index (χ2n) is 9.87. The standard InChI is InChI=1S/C26H35N3O7S/c30-23(29-11-14-35-15-12-29)16-21(18-37(33,34)17-20-6-7-20)25(32)28-22(24(31)26-27-10-13-36-26)9-8-19-4-2-1-3-5-19/h1-5,10,13,20-22,24,31H,6-9,11-12,14-18H2,(H,28,32). The molecule has 1 saturated carbocycles. The second kappa shape index (κ2) is 12.7. The number of carbonyl (C=O) groups is 2. The van der Waals surface area contributed by atoms with Crippen LogP contribution in [0.4, 0.5) is 0 Å². The maximum Gasteiger partial charge on any atom is 0.224 e. The van der Waals surface area contributed by atoms with Crippen molar-refractivity contribution in [2.75, 3.05) is 37.8 Å². The number of aromatic nitrogens is 1. The van der Waals surface area contributed by atoms with Gasteiger partial charge in [-0.05, 0) is 37.2 Å². The number of rotatable bonds is 13. The Morgan fingerprint density at radius 3 is 2.54 bits per heavy atom. The monoisotopic (exact) mass is 533 g/mol. The minimum atomic E-state index is -3.54. The van der Waals surface area contributed by atoms with Crippen molar-refractivity contribution < 1.29 is 32.3 Å². The van der Waals surface area contributed by atoms with Gasteiger partial charge in [-0.25, -0.2) is 13.4 Å². The first-order chi connectivity index (χ1) is 17.8. The van der Waals surface area contributed by atoms with Gasteiger partial charge in [-0.3, -0.25) is 9.59 Å². The number of oxazole rings is 1. The molecule has 2 heterocycles. The molecule has 2 aromatic rings. The number of aryl methyl sites for hydroxylation is 1. The third-order valence-corrected chi connectivity index (χ3v) is 8.69. The van der Waals surface area contributed by atoms with Crippen LogP contribution in [0.1, 0.15) is 43.2 Å². The van der Waals surface area contributed by atoms with Gasteiger partial charge in [-0.2, -0.15) is 0 Å². The average Bonchev–Trinajstić information content (AvgIpc) is 3.52. The summed E-state index contributed by atoms with van der Waals surface area (Å²) in [6, 6.07) is 8.83. The molecule has 1 aromatic heterocycles. The lowest BCUT2D eigenvalue weighted by molar-refractivity contribution is -0.139. The van der Waals surface area contributed by atoms with Crippen LogP contribution in [0.15, 0.2) is 47.2 Å². The number of ether oxygens (including phenoxy) is 1. The number of sulfone groups is 1. The molecule has 1 saturated heterocycles. The summed E-state index contributed by atoms with van der Waals surface area (Å²) in [7, 11) is -3.54. The fourth-order valence-corrected chi connectivity index (χ4v) is 6.60. The number of nitrogens with zero attached hydrogens (tertiary/aromatic N) is 2. The highest BCUT2D eigenvalue weighted by Gasteiger charge is 2.36. The summed E-state index contributed by atoms with van der Waals surface area (Å²) >= 11 is 0. The van der Waals surface area contributed by atoms with Gasteiger partial charge in [0.15, 0.2) is 15.9 Å². The van der Waals surface area contributed by atoms with E-state index in [-0.39, 0.29) is 29.9 Å². The number of hydrogen-bond acceptors (Lipinski definition) is 8. The summed E-state index contributed by atoms with van der Waals surface area (Å²) < 4.78 is 36.3. The Morgan fingerprint density at radius 2 is 1.89 bits per heavy atom. The van der Waals surface area contributed by atoms with E-state index in [4.69, 9.17) is 9.15 Å². The minimum Gasteiger partial charge on any atom is -0.446 e. The summed E-state index contributed by atoms with van der Waals surface area (Å²) in [5.74, 6) is -2.13. The van der Waals surface area contributed by atoms with E-state index >= 15 is 0 Å². The Morgan fingerprint density at radius 1 is 1.16 bits per heavy atom. The van der Waals surface area contributed by atoms with Crippen LogP contribution in [0.5, 0.6) is 0 Å². The zero-order valence-corrected chi connectivity index (χ0v) is 21.6. The van der Waals surface area contributed by atoms with E-state index < -0.39 is 39.6 Å². The van der Waals surface area contributed by atoms with E-state index in [1.807, 2.05) is 30.3 Å². The van der Waals surface area contributed by atoms with E-state index in [0.29, 0.717) is 39.1 Å². The molecule has 37 heavy (non-hydrogen) atoms. The summed E-state index contributed by atoms with van der Waals surface area (Å²) in [6.45, 7) is 1.63. The van der Waals surface area contributed by atoms with E-state index in [9.17, 15) is 23.1 Å². The zero-order chi connectivity index (χ0) is 26.3. The first kappa shape index (κ1) is 27.3. The van der Waals surface area contributed by atoms with Gasteiger partial charge in [-0.15, -0.1) is 0 Å². The SMILES string of the molecule is O=C(NC(CCc1ccccc1)C(O)c1ncco1)C(CC(=O)N1CCOCC1)CS(=O)(=O)CC1CC1. The van der Waals surface area contributed by atoms with Gasteiger partial charge >= 0.3 is 0 Å². The lowest BCUT2D eigenvalue weighted by Gasteiger charge is -2.29. The zero-order valence-electron chi connectivity index (χ0n) is 20.8. The molecule has 1 aliphatic carbocycles. The molecule has 0 radical (unpaired) electrons. The molecule has 11 heteroatoms. The molecule has 2 amide bonds. The van der Waals surface area contributed by atoms with Gasteiger partial charge < -0.3 is 24.5 Å². The topological polar surface area (TPSA) is 139 Å². The molecule has 2 aliphatic rings. The summed E-state index contributed by atoms with van der Waals surface area (Å²) in [6.07, 6.45) is 3.93. The number of aliphatic hydroxyl groups excluding tert-OH is 1. The van der Waals surface area contributed by atoms with Crippen molar-refractivity contribution in [3.05, 3.63) is 54.2 Å². The molecule has 202 valence electrons. The van der Waals surface area contributed by atoms with Crippen molar-refractivity contribution in [1.82, 2.24) is 15.2 Å². The maximum atomic E-state index is 13.5. The fraction of sp³-hybridized carbons (Fsp3) is 0.577. The van der Waals surface area contributed by atoms with Gasteiger partial charge in [0, 0.05) is 19.5 Å². The van der Waals surface area contributed by atoms with E-state index in [1.54, 1.807) is 4.90 Å². The highest BCUT2D eigenvalue weighted by molar-refractivity contribution is 7.91. The molecule has 0 spiro atoms. The van der Waals surface area contributed by atoms with Gasteiger partial charge in [-0.1, -0.05) is 30.3 Å². The van der Waals surface area contributed by atoms with Gasteiger partial charge in [0.05, 0.1) is 42.9 Å². The van der Waals surface area contributed by atoms with Gasteiger partial charge in [0.2, 0.25) is 17.7 Å². The van der Waals surface area contributed by atoms with Crippen molar-refractivity contribution in [1.29, 1.82) is 0 Å². The van der Waals surface area contributed by atoms with Crippen molar-refractivity contribution in [2.45, 2.75) is 44.2 Å². The Labute approximate surface area is 217 Å². The normalized spacial score (nSPS) is 18.7. The van der Waals surface area contributed by atoms with E-state index in [1.165, 1.54) is 12.5 Å². The Kier molecular flexibility index (Phi) is 9.33. The molecule has 1 aromatic carbocycles. The largest absolute Gasteiger partial charge is 0.446 e. The number of aliphatic hydroxyl groups is 1. The molecular weight excluding hydrogens is 498 g/mol. The average molecular weight is 534 g/mol. The predicted octanol–water partition coefficient (Wildman–Crippen LogP) is 1.52. The van der Waals surface area contributed by atoms with Crippen LogP contribution in [-0.4, -0.2) is 79.1 Å². The quantitative estimate of drug-likeness (QED) is 0.395. The number of hydrogen-bond donors (Lipinski definition) is 2. The van der Waals surface area contributed by atoms with Crippen molar-refractivity contribution in [3.63, 3.8) is 0 Å². The minimum absolute atomic E-state index is 0.0267. The van der Waals surface area contributed by atoms with Crippen LogP contribution < -0.4 is 5.32 Å². The number of benzene rings is 1. The predicted molar refractivity (Wildman–Crippen MR) is 135 cm³/mol. The molecule has 10 nitrogen and oxygen atoms in total. The third-order valence-electron chi connectivity index (χ3n) is 6.80. The maximum absolute atomic E-state index is 13.5. The fourth-order valence-electron chi connectivity index (χ4n) is 4.53. The van der Waals surface area contributed by atoms with Crippen molar-refractivity contribution >= 4 is 21.7 Å². The Bertz CT molecular complexity index is 1110. The van der Waals surface area contributed by atoms with Crippen LogP contribution in [-0.2, 0) is 30.6 Å². The number of morpholine rings is 1. The number of carbonyl (C=O) groups excluding carboxylic acids is 2. The molecule has 2 N–H and O–H groups in total. The van der Waals surface area contributed by atoms with Crippen LogP contribution in [0.2, 0.25) is 0 Å². The number of amides is 2. The second-order valence-corrected chi connectivity index (χ2v) is 12.0. The van der Waals surface area contributed by atoms with Crippen molar-refractivity contribution in [3.8, 4) is 0 Å². The highest BCUT2D eigenvalue weighted by atomic mass is 32.2. The molecule has 3 unspecified atom stereocenters. The third kappa shape index (κ3) is 8.37. The number of nitrogens with one attached hydrogen (secondary N) is 1. The van der Waals surface area contributed by atoms with Crippen LogP contribution in [0, 0.1) is 11.8 Å². The molecule has 4 rings (SSSR count). The van der Waals surface area contributed by atoms with Crippen LogP contribution >= 0.6 is 0 Å². The van der Waals surface area contributed by atoms with Crippen molar-refractivity contribution in [2.24, 2.45) is 11.8 Å².